The third kappa shape index (κ3) is 6.93. The second-order valence-electron chi connectivity index (χ2n) is 7.10. The zero-order valence-corrected chi connectivity index (χ0v) is 18.4. The monoisotopic (exact) mass is 444 g/mol. The van der Waals surface area contributed by atoms with Crippen molar-refractivity contribution >= 4 is 40.9 Å². The summed E-state index contributed by atoms with van der Waals surface area (Å²) in [5, 5.41) is 5.72. The van der Waals surface area contributed by atoms with Gasteiger partial charge in [0.2, 0.25) is 0 Å². The number of halogens is 1. The molecule has 0 saturated heterocycles. The van der Waals surface area contributed by atoms with Crippen molar-refractivity contribution in [2.24, 2.45) is 5.92 Å². The molecular formula is C23H25ClN2O5. The van der Waals surface area contributed by atoms with E-state index in [4.69, 9.17) is 16.3 Å². The minimum atomic E-state index is -0.925. The number of hydrogen-bond acceptors (Lipinski definition) is 5. The maximum absolute atomic E-state index is 12.6. The van der Waals surface area contributed by atoms with Gasteiger partial charge in [0.1, 0.15) is 6.04 Å². The minimum Gasteiger partial charge on any atom is -0.454 e. The Kier molecular flexibility index (Phi) is 8.75. The highest BCUT2D eigenvalue weighted by Crippen LogP contribution is 2.16. The van der Waals surface area contributed by atoms with Crippen molar-refractivity contribution in [2.75, 3.05) is 11.9 Å². The maximum atomic E-state index is 12.6. The minimum absolute atomic E-state index is 0.199. The molecule has 0 aliphatic rings. The van der Waals surface area contributed by atoms with E-state index in [1.54, 1.807) is 55.5 Å². The highest BCUT2D eigenvalue weighted by molar-refractivity contribution is 6.30. The van der Waals surface area contributed by atoms with Crippen molar-refractivity contribution in [3.8, 4) is 0 Å². The Balaban J connectivity index is 2.00. The first kappa shape index (κ1) is 24.1. The van der Waals surface area contributed by atoms with Crippen molar-refractivity contribution in [1.29, 1.82) is 0 Å². The van der Waals surface area contributed by atoms with E-state index in [0.717, 1.165) is 0 Å². The number of benzene rings is 2. The fraction of sp³-hybridized carbons (Fsp3) is 0.304. The van der Waals surface area contributed by atoms with Crippen LogP contribution in [0.5, 0.6) is 0 Å². The number of anilines is 1. The number of rotatable bonds is 9. The number of esters is 1. The zero-order chi connectivity index (χ0) is 23.0. The molecule has 0 radical (unpaired) electrons. The summed E-state index contributed by atoms with van der Waals surface area (Å²) in [7, 11) is 0. The lowest BCUT2D eigenvalue weighted by Crippen LogP contribution is -2.46. The molecular weight excluding hydrogens is 420 g/mol. The fourth-order valence-electron chi connectivity index (χ4n) is 2.81. The Labute approximate surface area is 186 Å². The van der Waals surface area contributed by atoms with Crippen LogP contribution in [0.3, 0.4) is 0 Å². The van der Waals surface area contributed by atoms with Gasteiger partial charge >= 0.3 is 5.97 Å². The summed E-state index contributed by atoms with van der Waals surface area (Å²) in [5.74, 6) is -2.17. The number of nitrogens with one attached hydrogen (secondary N) is 2. The van der Waals surface area contributed by atoms with Crippen LogP contribution in [0, 0.1) is 5.92 Å². The average molecular weight is 445 g/mol. The number of carbonyl (C=O) groups is 4. The first-order chi connectivity index (χ1) is 14.7. The molecule has 31 heavy (non-hydrogen) atoms. The quantitative estimate of drug-likeness (QED) is 0.451. The molecule has 0 spiro atoms. The van der Waals surface area contributed by atoms with Crippen LogP contribution in [0.4, 0.5) is 5.69 Å². The molecule has 164 valence electrons. The van der Waals surface area contributed by atoms with Gasteiger partial charge in [-0.2, -0.15) is 0 Å². The molecule has 2 atom stereocenters. The van der Waals surface area contributed by atoms with Crippen molar-refractivity contribution in [1.82, 2.24) is 5.32 Å². The summed E-state index contributed by atoms with van der Waals surface area (Å²) in [5.41, 5.74) is 1.05. The van der Waals surface area contributed by atoms with E-state index in [1.807, 2.05) is 6.92 Å². The van der Waals surface area contributed by atoms with E-state index in [1.165, 1.54) is 6.92 Å². The number of carbonyl (C=O) groups excluding carboxylic acids is 4. The molecule has 0 aliphatic carbocycles. The molecule has 2 N–H and O–H groups in total. The Morgan fingerprint density at radius 2 is 1.68 bits per heavy atom. The third-order valence-electron chi connectivity index (χ3n) is 4.79. The molecule has 0 saturated carbocycles. The molecule has 2 amide bonds. The molecule has 0 aromatic heterocycles. The van der Waals surface area contributed by atoms with E-state index < -0.39 is 30.4 Å². The van der Waals surface area contributed by atoms with Crippen molar-refractivity contribution in [2.45, 2.75) is 33.2 Å². The Hall–Kier alpha value is -3.19. The molecule has 0 fully saturated rings. The number of amides is 2. The molecule has 8 heteroatoms. The number of ether oxygens (including phenoxy) is 1. The molecule has 0 heterocycles. The van der Waals surface area contributed by atoms with Crippen LogP contribution in [-0.2, 0) is 14.3 Å². The average Bonchev–Trinajstić information content (AvgIpc) is 2.75. The summed E-state index contributed by atoms with van der Waals surface area (Å²) in [6.07, 6.45) is 0.610. The van der Waals surface area contributed by atoms with Gasteiger partial charge in [0.05, 0.1) is 5.69 Å². The van der Waals surface area contributed by atoms with Crippen LogP contribution < -0.4 is 10.6 Å². The van der Waals surface area contributed by atoms with Gasteiger partial charge in [0.25, 0.3) is 11.8 Å². The second-order valence-corrected chi connectivity index (χ2v) is 7.54. The predicted molar refractivity (Wildman–Crippen MR) is 118 cm³/mol. The van der Waals surface area contributed by atoms with Gasteiger partial charge in [-0.25, -0.2) is 4.79 Å². The molecule has 2 aromatic rings. The highest BCUT2D eigenvalue weighted by Gasteiger charge is 2.28. The zero-order valence-electron chi connectivity index (χ0n) is 17.6. The van der Waals surface area contributed by atoms with Crippen molar-refractivity contribution in [3.05, 3.63) is 64.7 Å². The molecule has 2 unspecified atom stereocenters. The summed E-state index contributed by atoms with van der Waals surface area (Å²) >= 11 is 5.84. The first-order valence-electron chi connectivity index (χ1n) is 9.85. The van der Waals surface area contributed by atoms with Crippen LogP contribution in [0.2, 0.25) is 5.02 Å². The second kappa shape index (κ2) is 11.3. The Bertz CT molecular complexity index is 959. The standard InChI is InChI=1S/C23H25ClN2O5/c1-4-14(2)21(26-22(29)16-9-11-17(24)12-10-16)23(30)31-13-20(28)25-19-8-6-5-7-18(19)15(3)27/h5-12,14,21H,4,13H2,1-3H3,(H,25,28)(H,26,29). The van der Waals surface area contributed by atoms with Crippen LogP contribution in [0.1, 0.15) is 47.9 Å². The number of para-hydroxylation sites is 1. The normalized spacial score (nSPS) is 12.4. The van der Waals surface area contributed by atoms with Crippen LogP contribution >= 0.6 is 11.6 Å². The molecule has 7 nitrogen and oxygen atoms in total. The molecule has 2 rings (SSSR count). The van der Waals surface area contributed by atoms with Crippen LogP contribution in [0.25, 0.3) is 0 Å². The number of Topliss-reactive ketones (excluding diaryl/α,β-unsaturated/α-hetero) is 1. The van der Waals surface area contributed by atoms with E-state index in [2.05, 4.69) is 10.6 Å². The highest BCUT2D eigenvalue weighted by atomic mass is 35.5. The van der Waals surface area contributed by atoms with Gasteiger partial charge in [-0.15, -0.1) is 0 Å². The molecule has 2 aromatic carbocycles. The van der Waals surface area contributed by atoms with E-state index >= 15 is 0 Å². The number of hydrogen-bond donors (Lipinski definition) is 2. The lowest BCUT2D eigenvalue weighted by atomic mass is 9.99. The van der Waals surface area contributed by atoms with Crippen LogP contribution in [-0.4, -0.2) is 36.2 Å². The molecule has 0 bridgehead atoms. The van der Waals surface area contributed by atoms with Crippen molar-refractivity contribution in [3.63, 3.8) is 0 Å². The number of ketones is 1. The summed E-state index contributed by atoms with van der Waals surface area (Å²) in [6.45, 7) is 4.53. The van der Waals surface area contributed by atoms with Crippen molar-refractivity contribution < 1.29 is 23.9 Å². The van der Waals surface area contributed by atoms with E-state index in [-0.39, 0.29) is 11.7 Å². The van der Waals surface area contributed by atoms with Gasteiger partial charge in [-0.3, -0.25) is 14.4 Å². The molecule has 0 aliphatic heterocycles. The van der Waals surface area contributed by atoms with E-state index in [9.17, 15) is 19.2 Å². The largest absolute Gasteiger partial charge is 0.454 e. The van der Waals surface area contributed by atoms with Crippen LogP contribution in [0.15, 0.2) is 48.5 Å². The smallest absolute Gasteiger partial charge is 0.329 e. The van der Waals surface area contributed by atoms with Gasteiger partial charge < -0.3 is 15.4 Å². The summed E-state index contributed by atoms with van der Waals surface area (Å²) < 4.78 is 5.15. The van der Waals surface area contributed by atoms with Gasteiger partial charge in [0.15, 0.2) is 12.4 Å². The van der Waals surface area contributed by atoms with Gasteiger partial charge in [0, 0.05) is 16.1 Å². The van der Waals surface area contributed by atoms with Gasteiger partial charge in [-0.1, -0.05) is 44.0 Å². The van der Waals surface area contributed by atoms with Gasteiger partial charge in [-0.05, 0) is 49.2 Å². The summed E-state index contributed by atoms with van der Waals surface area (Å²) in [6, 6.07) is 11.9. The lowest BCUT2D eigenvalue weighted by molar-refractivity contribution is -0.150. The maximum Gasteiger partial charge on any atom is 0.329 e. The third-order valence-corrected chi connectivity index (χ3v) is 5.04. The summed E-state index contributed by atoms with van der Waals surface area (Å²) in [4.78, 5) is 49.0. The lowest BCUT2D eigenvalue weighted by Gasteiger charge is -2.22. The Morgan fingerprint density at radius 3 is 2.29 bits per heavy atom. The predicted octanol–water partition coefficient (Wildman–Crippen LogP) is 3.87. The Morgan fingerprint density at radius 1 is 1.03 bits per heavy atom. The first-order valence-corrected chi connectivity index (χ1v) is 10.2. The van der Waals surface area contributed by atoms with E-state index in [0.29, 0.717) is 28.3 Å². The topological polar surface area (TPSA) is 102 Å². The fourth-order valence-corrected chi connectivity index (χ4v) is 2.93. The SMILES string of the molecule is CCC(C)C(NC(=O)c1ccc(Cl)cc1)C(=O)OCC(=O)Nc1ccccc1C(C)=O.